The molecule has 286 valence electrons. The molecular weight excluding hydrogens is 1220 g/mol. The zero-order valence-corrected chi connectivity index (χ0v) is 40.2. The fraction of sp³-hybridized carbons (Fsp3) is 0.629. The third-order valence-corrected chi connectivity index (χ3v) is 31.8. The number of rotatable bonds is 12. The van der Waals surface area contributed by atoms with Crippen LogP contribution in [0.4, 0.5) is 13.2 Å². The molecule has 0 aromatic heterocycles. The van der Waals surface area contributed by atoms with E-state index in [1.807, 2.05) is 6.21 Å². The molecule has 4 rings (SSSR count). The van der Waals surface area contributed by atoms with Gasteiger partial charge in [0, 0.05) is 0 Å². The molecule has 7 nitrogen and oxygen atoms in total. The maximum absolute atomic E-state index is 14.4. The Hall–Kier alpha value is 0.670. The third-order valence-electron chi connectivity index (χ3n) is 8.71. The molecule has 4 heterocycles. The van der Waals surface area contributed by atoms with E-state index >= 15 is 0 Å². The number of ether oxygens (including phenoxy) is 1. The summed E-state index contributed by atoms with van der Waals surface area (Å²) < 4.78 is 59.1. The van der Waals surface area contributed by atoms with Gasteiger partial charge < -0.3 is 0 Å². The normalized spacial score (nSPS) is 22.8. The second-order valence-electron chi connectivity index (χ2n) is 12.3. The monoisotopic (exact) mass is 1270 g/mol. The number of carbonyl (C=O) groups is 2. The molecule has 0 saturated carbocycles. The van der Waals surface area contributed by atoms with Crippen molar-refractivity contribution in [1.82, 2.24) is 9.80 Å². The van der Waals surface area contributed by atoms with Crippen molar-refractivity contribution < 1.29 is 48.7 Å². The van der Waals surface area contributed by atoms with E-state index in [0.717, 1.165) is 81.8 Å². The van der Waals surface area contributed by atoms with Crippen molar-refractivity contribution in [2.45, 2.75) is 63.5 Å². The first kappa shape index (κ1) is 43.4. The molecule has 4 aliphatic heterocycles. The standard InChI is InChI=1S/C35H51F3I5N4O3/c1-24(21-32(49)28(5)48)42-13-15-47(16-14-42)31-9-12-43(23-35(36,37)38)30(33(41-26(31)3)27(4)46-17-19-50-20-18-46)8-11-39-25(2)29-7-6-10-40-34(44)45-22-29/h7,22,24H,4,6,8-21,23,44H2,1-3,5H3/q-1. The SMILES string of the molecule is C=C(C1=C(CCI=C(C)C2=CCCI=C(N)N=C2)I(CC(F)(F)F)CCC(N2CCI(C(C)CC(=O)C(C)=O)CC2)=C(C)[I-]1)N1CCOCC1. The van der Waals surface area contributed by atoms with Crippen LogP contribution in [-0.4, -0.2) is 111 Å². The number of nitrogens with zero attached hydrogens (tertiary/aromatic N) is 3. The second kappa shape index (κ2) is 21.1. The molecule has 50 heavy (non-hydrogen) atoms. The number of Topliss-reactive ketones (excluding diaryl/α,β-unsaturated/α-hetero) is 2. The van der Waals surface area contributed by atoms with Gasteiger partial charge in [0.2, 0.25) is 0 Å². The average Bonchev–Trinajstić information content (AvgIpc) is 3.06. The summed E-state index contributed by atoms with van der Waals surface area (Å²) in [7, 11) is 0. The molecule has 0 radical (unpaired) electrons. The van der Waals surface area contributed by atoms with Crippen LogP contribution in [-0.2, 0) is 14.3 Å². The number of halogens is 8. The van der Waals surface area contributed by atoms with Crippen molar-refractivity contribution in [3.05, 3.63) is 40.4 Å². The summed E-state index contributed by atoms with van der Waals surface area (Å²) in [5, 5.41) is 0. The summed E-state index contributed by atoms with van der Waals surface area (Å²) in [6, 6.07) is 0. The summed E-state index contributed by atoms with van der Waals surface area (Å²) in [4.78, 5) is 32.9. The predicted molar refractivity (Wildman–Crippen MR) is 234 cm³/mol. The van der Waals surface area contributed by atoms with Crippen molar-refractivity contribution >= 4 is 106 Å². The molecule has 0 bridgehead atoms. The summed E-state index contributed by atoms with van der Waals surface area (Å²) in [6.07, 6.45) is 2.82. The first-order chi connectivity index (χ1) is 23.7. The van der Waals surface area contributed by atoms with Gasteiger partial charge in [0.15, 0.2) is 0 Å². The van der Waals surface area contributed by atoms with Gasteiger partial charge >= 0.3 is 345 Å². The molecule has 15 heteroatoms. The van der Waals surface area contributed by atoms with Crippen LogP contribution in [0.3, 0.4) is 0 Å². The van der Waals surface area contributed by atoms with E-state index in [9.17, 15) is 22.8 Å². The van der Waals surface area contributed by atoms with Gasteiger partial charge in [-0.05, 0) is 0 Å². The molecule has 1 unspecified atom stereocenters. The van der Waals surface area contributed by atoms with E-state index in [0.29, 0.717) is 28.0 Å². The molecule has 2 N–H and O–H groups in total. The number of nitrogens with two attached hydrogens (primary N) is 1. The second-order valence-corrected chi connectivity index (χ2v) is 34.8. The Labute approximate surface area is 340 Å². The zero-order valence-electron chi connectivity index (χ0n) is 29.4. The fourth-order valence-corrected chi connectivity index (χ4v) is 28.3. The summed E-state index contributed by atoms with van der Waals surface area (Å²) in [5.74, 6) is -0.615. The molecule has 1 atom stereocenters. The number of ketones is 2. The van der Waals surface area contributed by atoms with Gasteiger partial charge in [-0.3, -0.25) is 0 Å². The fourth-order valence-electron chi connectivity index (χ4n) is 5.92. The van der Waals surface area contributed by atoms with Crippen LogP contribution in [0.5, 0.6) is 0 Å². The van der Waals surface area contributed by atoms with Crippen molar-refractivity contribution in [2.24, 2.45) is 10.7 Å². The van der Waals surface area contributed by atoms with Crippen molar-refractivity contribution in [3.8, 4) is 0 Å². The van der Waals surface area contributed by atoms with Gasteiger partial charge in [0.1, 0.15) is 0 Å². The Balaban J connectivity index is 1.63. The Morgan fingerprint density at radius 2 is 1.88 bits per heavy atom. The molecule has 2 saturated heterocycles. The molecule has 2 fully saturated rings. The van der Waals surface area contributed by atoms with Gasteiger partial charge in [0.25, 0.3) is 0 Å². The summed E-state index contributed by atoms with van der Waals surface area (Å²) in [6.45, 7) is 17.0. The minimum atomic E-state index is -4.19. The van der Waals surface area contributed by atoms with E-state index in [2.05, 4.69) is 48.2 Å². The van der Waals surface area contributed by atoms with E-state index < -0.39 is 71.4 Å². The summed E-state index contributed by atoms with van der Waals surface area (Å²) in [5.41, 5.74) is 9.46. The van der Waals surface area contributed by atoms with Gasteiger partial charge in [-0.2, -0.15) is 0 Å². The number of allylic oxidation sites excluding steroid dienone is 6. The quantitative estimate of drug-likeness (QED) is 0.175. The van der Waals surface area contributed by atoms with E-state index in [4.69, 9.17) is 10.5 Å². The number of hydrogen-bond donors (Lipinski definition) is 1. The van der Waals surface area contributed by atoms with Crippen LogP contribution in [0.1, 0.15) is 53.4 Å². The van der Waals surface area contributed by atoms with Crippen LogP contribution in [0.25, 0.3) is 0 Å². The van der Waals surface area contributed by atoms with Crippen LogP contribution in [0, 0.1) is 0 Å². The van der Waals surface area contributed by atoms with E-state index in [1.165, 1.54) is 23.3 Å². The molecule has 0 aliphatic carbocycles. The topological polar surface area (TPSA) is 88.2 Å². The van der Waals surface area contributed by atoms with Crippen molar-refractivity contribution in [3.63, 3.8) is 0 Å². The van der Waals surface area contributed by atoms with Crippen molar-refractivity contribution in [2.75, 3.05) is 66.0 Å². The number of carbonyl (C=O) groups excluding carboxylic acids is 2. The van der Waals surface area contributed by atoms with Crippen molar-refractivity contribution in [1.29, 1.82) is 0 Å². The van der Waals surface area contributed by atoms with Gasteiger partial charge in [-0.15, -0.1) is 0 Å². The average molecular weight is 1270 g/mol. The number of aliphatic imine (C=N–C) groups is 1. The molecule has 0 amide bonds. The van der Waals surface area contributed by atoms with E-state index in [1.54, 1.807) is 0 Å². The molecule has 0 aromatic rings. The van der Waals surface area contributed by atoms with Crippen LogP contribution in [0.15, 0.2) is 45.4 Å². The minimum absolute atomic E-state index is 0.199. The summed E-state index contributed by atoms with van der Waals surface area (Å²) >= 11 is -5.35. The molecule has 4 aliphatic rings. The molecular formula is C35H51F3I5N4O3-. The van der Waals surface area contributed by atoms with E-state index in [-0.39, 0.29) is 53.0 Å². The number of alkyl halides is 10. The molecule has 0 spiro atoms. The Bertz CT molecular complexity index is 1460. The number of morpholine rings is 1. The number of hydrogen-bond acceptors (Lipinski definition) is 7. The van der Waals surface area contributed by atoms with Gasteiger partial charge in [0.05, 0.1) is 0 Å². The Morgan fingerprint density at radius 1 is 1.18 bits per heavy atom. The van der Waals surface area contributed by atoms with Gasteiger partial charge in [-0.25, -0.2) is 0 Å². The van der Waals surface area contributed by atoms with Crippen LogP contribution < -0.4 is 26.9 Å². The van der Waals surface area contributed by atoms with Crippen LogP contribution in [0.2, 0.25) is 0 Å². The first-order valence-electron chi connectivity index (χ1n) is 16.8. The predicted octanol–water partition coefficient (Wildman–Crippen LogP) is 4.57. The Morgan fingerprint density at radius 3 is 2.54 bits per heavy atom. The third kappa shape index (κ3) is 13.5. The zero-order chi connectivity index (χ0) is 36.4. The van der Waals surface area contributed by atoms with Crippen LogP contribution >= 0.6 is 81.1 Å². The van der Waals surface area contributed by atoms with Gasteiger partial charge in [-0.1, -0.05) is 0 Å². The maximum atomic E-state index is 14.4. The Kier molecular flexibility index (Phi) is 18.3. The molecule has 0 aromatic carbocycles. The first-order valence-corrected chi connectivity index (χ1v) is 32.6.